The predicted molar refractivity (Wildman–Crippen MR) is 101 cm³/mol. The van der Waals surface area contributed by atoms with E-state index in [0.29, 0.717) is 17.6 Å². The number of hydrogen-bond donors (Lipinski definition) is 3. The zero-order valence-electron chi connectivity index (χ0n) is 14.6. The molecule has 2 aromatic carbocycles. The second kappa shape index (κ2) is 7.09. The molecule has 0 aliphatic carbocycles. The minimum atomic E-state index is -0.0288. The van der Waals surface area contributed by atoms with Crippen molar-refractivity contribution in [3.8, 4) is 22.8 Å². The minimum absolute atomic E-state index is 0.0288. The number of aromatic nitrogens is 3. The Balaban J connectivity index is 1.58. The van der Waals surface area contributed by atoms with Gasteiger partial charge in [-0.25, -0.2) is 4.98 Å². The van der Waals surface area contributed by atoms with Crippen LogP contribution in [0, 0.1) is 11.8 Å². The molecule has 6 nitrogen and oxygen atoms in total. The average Bonchev–Trinajstić information content (AvgIpc) is 3.11. The highest BCUT2D eigenvalue weighted by Crippen LogP contribution is 2.28. The van der Waals surface area contributed by atoms with Gasteiger partial charge in [0.15, 0.2) is 11.6 Å². The number of carbonyl (C=O) groups excluding carboxylic acids is 1. The summed E-state index contributed by atoms with van der Waals surface area (Å²) < 4.78 is 0. The van der Waals surface area contributed by atoms with Crippen LogP contribution in [0.3, 0.4) is 0 Å². The number of nitrogens with one attached hydrogen (secondary N) is 3. The number of H-pyrrole nitrogens is 1. The van der Waals surface area contributed by atoms with Gasteiger partial charge in [-0.15, -0.1) is 0 Å². The van der Waals surface area contributed by atoms with Gasteiger partial charge in [0.25, 0.3) is 0 Å². The Morgan fingerprint density at radius 2 is 1.85 bits per heavy atom. The molecule has 1 aliphatic heterocycles. The van der Waals surface area contributed by atoms with Gasteiger partial charge in [0.1, 0.15) is 0 Å². The van der Waals surface area contributed by atoms with E-state index < -0.39 is 0 Å². The van der Waals surface area contributed by atoms with Crippen LogP contribution < -0.4 is 10.6 Å². The van der Waals surface area contributed by atoms with Crippen molar-refractivity contribution >= 4 is 11.6 Å². The maximum Gasteiger partial charge on any atom is 0.227 e. The summed E-state index contributed by atoms with van der Waals surface area (Å²) in [6, 6.07) is 17.5. The van der Waals surface area contributed by atoms with Crippen molar-refractivity contribution < 1.29 is 4.79 Å². The molecule has 132 valence electrons. The van der Waals surface area contributed by atoms with Gasteiger partial charge in [0.05, 0.1) is 5.69 Å². The molecule has 1 saturated heterocycles. The van der Waals surface area contributed by atoms with E-state index in [1.165, 1.54) is 0 Å². The summed E-state index contributed by atoms with van der Waals surface area (Å²) in [5, 5.41) is 13.6. The highest BCUT2D eigenvalue weighted by molar-refractivity contribution is 5.96. The molecule has 1 unspecified atom stereocenters. The summed E-state index contributed by atoms with van der Waals surface area (Å²) in [4.78, 5) is 17.2. The highest BCUT2D eigenvalue weighted by Gasteiger charge is 2.29. The SMILES string of the molecule is CC(C(=O)Nc1ccccc1-c1nc(-c2ccccc2)n[nH]1)C1CNC1. The molecule has 1 amide bonds. The second-order valence-corrected chi connectivity index (χ2v) is 6.62. The van der Waals surface area contributed by atoms with Crippen LogP contribution in [-0.2, 0) is 4.79 Å². The van der Waals surface area contributed by atoms with Gasteiger partial charge in [-0.1, -0.05) is 49.4 Å². The van der Waals surface area contributed by atoms with Crippen LogP contribution in [-0.4, -0.2) is 34.2 Å². The molecule has 0 spiro atoms. The lowest BCUT2D eigenvalue weighted by Crippen LogP contribution is -2.48. The van der Waals surface area contributed by atoms with E-state index in [9.17, 15) is 4.79 Å². The number of nitrogens with zero attached hydrogens (tertiary/aromatic N) is 2. The third kappa shape index (κ3) is 3.23. The molecule has 1 atom stereocenters. The first-order chi connectivity index (χ1) is 12.7. The van der Waals surface area contributed by atoms with Gasteiger partial charge < -0.3 is 10.6 Å². The smallest absolute Gasteiger partial charge is 0.227 e. The van der Waals surface area contributed by atoms with E-state index in [1.54, 1.807) is 0 Å². The largest absolute Gasteiger partial charge is 0.325 e. The molecule has 0 bridgehead atoms. The van der Waals surface area contributed by atoms with Crippen LogP contribution in [0.25, 0.3) is 22.8 Å². The van der Waals surface area contributed by atoms with Crippen molar-refractivity contribution in [3.63, 3.8) is 0 Å². The molecule has 1 aliphatic rings. The molecule has 0 radical (unpaired) electrons. The van der Waals surface area contributed by atoms with E-state index in [-0.39, 0.29) is 11.8 Å². The summed E-state index contributed by atoms with van der Waals surface area (Å²) in [5.74, 6) is 1.68. The third-order valence-corrected chi connectivity index (χ3v) is 4.89. The molecular weight excluding hydrogens is 326 g/mol. The Labute approximate surface area is 152 Å². The van der Waals surface area contributed by atoms with E-state index in [1.807, 2.05) is 61.5 Å². The van der Waals surface area contributed by atoms with Crippen LogP contribution in [0.15, 0.2) is 54.6 Å². The Morgan fingerprint density at radius 1 is 1.12 bits per heavy atom. The maximum atomic E-state index is 12.6. The Bertz CT molecular complexity index is 901. The number of para-hydroxylation sites is 1. The number of hydrogen-bond acceptors (Lipinski definition) is 4. The summed E-state index contributed by atoms with van der Waals surface area (Å²) in [6.45, 7) is 3.78. The van der Waals surface area contributed by atoms with E-state index in [0.717, 1.165) is 29.9 Å². The molecule has 26 heavy (non-hydrogen) atoms. The van der Waals surface area contributed by atoms with Crippen molar-refractivity contribution in [3.05, 3.63) is 54.6 Å². The van der Waals surface area contributed by atoms with Gasteiger partial charge in [-0.3, -0.25) is 9.89 Å². The van der Waals surface area contributed by atoms with Crippen LogP contribution in [0.1, 0.15) is 6.92 Å². The summed E-state index contributed by atoms with van der Waals surface area (Å²) in [5.41, 5.74) is 2.52. The van der Waals surface area contributed by atoms with Gasteiger partial charge in [-0.2, -0.15) is 5.10 Å². The number of benzene rings is 2. The summed E-state index contributed by atoms with van der Waals surface area (Å²) >= 11 is 0. The number of amides is 1. The lowest BCUT2D eigenvalue weighted by atomic mass is 9.88. The zero-order chi connectivity index (χ0) is 17.9. The molecule has 1 fully saturated rings. The second-order valence-electron chi connectivity index (χ2n) is 6.62. The molecule has 3 aromatic rings. The van der Waals surface area contributed by atoms with Crippen molar-refractivity contribution in [2.45, 2.75) is 6.92 Å². The van der Waals surface area contributed by atoms with Crippen LogP contribution >= 0.6 is 0 Å². The zero-order valence-corrected chi connectivity index (χ0v) is 14.6. The molecule has 4 rings (SSSR count). The van der Waals surface area contributed by atoms with Crippen molar-refractivity contribution in [2.24, 2.45) is 11.8 Å². The molecule has 2 heterocycles. The summed E-state index contributed by atoms with van der Waals surface area (Å²) in [7, 11) is 0. The Kier molecular flexibility index (Phi) is 4.50. The standard InChI is InChI=1S/C20H21N5O/c1-13(15-11-21-12-15)20(26)22-17-10-6-5-9-16(17)19-23-18(24-25-19)14-7-3-2-4-8-14/h2-10,13,15,21H,11-12H2,1H3,(H,22,26)(H,23,24,25). The predicted octanol–water partition coefficient (Wildman–Crippen LogP) is 2.93. The lowest BCUT2D eigenvalue weighted by molar-refractivity contribution is -0.121. The van der Waals surface area contributed by atoms with E-state index >= 15 is 0 Å². The minimum Gasteiger partial charge on any atom is -0.325 e. The number of aromatic amines is 1. The third-order valence-electron chi connectivity index (χ3n) is 4.89. The molecule has 1 aromatic heterocycles. The van der Waals surface area contributed by atoms with Crippen molar-refractivity contribution in [1.82, 2.24) is 20.5 Å². The Morgan fingerprint density at radius 3 is 2.58 bits per heavy atom. The highest BCUT2D eigenvalue weighted by atomic mass is 16.1. The first kappa shape index (κ1) is 16.5. The maximum absolute atomic E-state index is 12.6. The van der Waals surface area contributed by atoms with Crippen molar-refractivity contribution in [2.75, 3.05) is 18.4 Å². The first-order valence-electron chi connectivity index (χ1n) is 8.81. The van der Waals surface area contributed by atoms with Crippen LogP contribution in [0.2, 0.25) is 0 Å². The monoisotopic (exact) mass is 347 g/mol. The van der Waals surface area contributed by atoms with Crippen LogP contribution in [0.4, 0.5) is 5.69 Å². The molecular formula is C20H21N5O. The molecule has 0 saturated carbocycles. The van der Waals surface area contributed by atoms with Gasteiger partial charge in [0, 0.05) is 17.0 Å². The van der Waals surface area contributed by atoms with Gasteiger partial charge in [-0.05, 0) is 31.1 Å². The normalized spacial score (nSPS) is 15.3. The summed E-state index contributed by atoms with van der Waals surface area (Å²) in [6.07, 6.45) is 0. The number of carbonyl (C=O) groups is 1. The van der Waals surface area contributed by atoms with E-state index in [4.69, 9.17) is 0 Å². The van der Waals surface area contributed by atoms with Gasteiger partial charge >= 0.3 is 0 Å². The van der Waals surface area contributed by atoms with Crippen molar-refractivity contribution in [1.29, 1.82) is 0 Å². The Hall–Kier alpha value is -2.99. The molecule has 3 N–H and O–H groups in total. The number of anilines is 1. The quantitative estimate of drug-likeness (QED) is 0.663. The first-order valence-corrected chi connectivity index (χ1v) is 8.81. The van der Waals surface area contributed by atoms with Gasteiger partial charge in [0.2, 0.25) is 5.91 Å². The van der Waals surface area contributed by atoms with Crippen LogP contribution in [0.5, 0.6) is 0 Å². The van der Waals surface area contributed by atoms with E-state index in [2.05, 4.69) is 25.8 Å². The lowest BCUT2D eigenvalue weighted by Gasteiger charge is -2.31. The number of rotatable bonds is 5. The average molecular weight is 347 g/mol. The molecule has 6 heteroatoms. The fourth-order valence-corrected chi connectivity index (χ4v) is 3.02. The fraction of sp³-hybridized carbons (Fsp3) is 0.250. The topological polar surface area (TPSA) is 82.7 Å². The fourth-order valence-electron chi connectivity index (χ4n) is 3.02.